The van der Waals surface area contributed by atoms with Crippen LogP contribution in [0.5, 0.6) is 0 Å². The molecule has 6 heteroatoms. The molecule has 0 atom stereocenters. The van der Waals surface area contributed by atoms with Crippen LogP contribution in [0.25, 0.3) is 0 Å². The van der Waals surface area contributed by atoms with Crippen molar-refractivity contribution in [3.05, 3.63) is 35.9 Å². The van der Waals surface area contributed by atoms with E-state index < -0.39 is 0 Å². The molecule has 0 aromatic heterocycles. The second-order valence-corrected chi connectivity index (χ2v) is 6.33. The first kappa shape index (κ1) is 22.5. The zero-order chi connectivity index (χ0) is 16.0. The molecule has 4 nitrogen and oxygen atoms in total. The Hall–Kier alpha value is -0.470. The Morgan fingerprint density at radius 2 is 1.83 bits per heavy atom. The number of benzene rings is 1. The molecule has 1 rings (SSSR count). The molecule has 1 aromatic carbocycles. The van der Waals surface area contributed by atoms with Crippen molar-refractivity contribution < 1.29 is 0 Å². The Morgan fingerprint density at radius 3 is 2.48 bits per heavy atom. The van der Waals surface area contributed by atoms with Crippen LogP contribution in [0.15, 0.2) is 35.3 Å². The van der Waals surface area contributed by atoms with Crippen LogP contribution in [-0.4, -0.2) is 56.6 Å². The lowest BCUT2D eigenvalue weighted by Gasteiger charge is -2.18. The molecule has 0 spiro atoms. The number of unbranched alkanes of at least 4 members (excludes halogenated alkanes) is 1. The van der Waals surface area contributed by atoms with Gasteiger partial charge in [0.15, 0.2) is 5.96 Å². The molecule has 132 valence electrons. The van der Waals surface area contributed by atoms with E-state index in [4.69, 9.17) is 0 Å². The van der Waals surface area contributed by atoms with E-state index in [0.29, 0.717) is 0 Å². The first-order chi connectivity index (χ1) is 10.8. The molecular weight excluding hydrogens is 419 g/mol. The molecule has 0 aliphatic carbocycles. The maximum absolute atomic E-state index is 4.26. The summed E-state index contributed by atoms with van der Waals surface area (Å²) in [4.78, 5) is 6.57. The van der Waals surface area contributed by atoms with Gasteiger partial charge in [-0.3, -0.25) is 4.99 Å². The number of rotatable bonds is 10. The maximum Gasteiger partial charge on any atom is 0.191 e. The van der Waals surface area contributed by atoms with Crippen LogP contribution in [0.4, 0.5) is 0 Å². The summed E-state index contributed by atoms with van der Waals surface area (Å²) >= 11 is 1.90. The van der Waals surface area contributed by atoms with Gasteiger partial charge >= 0.3 is 0 Å². The predicted molar refractivity (Wildman–Crippen MR) is 115 cm³/mol. The van der Waals surface area contributed by atoms with E-state index in [0.717, 1.165) is 32.1 Å². The Balaban J connectivity index is 0.00000484. The number of guanidine groups is 1. The highest BCUT2D eigenvalue weighted by atomic mass is 127. The average molecular weight is 450 g/mol. The number of hydrogen-bond acceptors (Lipinski definition) is 3. The van der Waals surface area contributed by atoms with Gasteiger partial charge in [0.1, 0.15) is 0 Å². The first-order valence-corrected chi connectivity index (χ1v) is 9.31. The topological polar surface area (TPSA) is 39.7 Å². The molecule has 23 heavy (non-hydrogen) atoms. The Kier molecular flexibility index (Phi) is 14.8. The van der Waals surface area contributed by atoms with Crippen molar-refractivity contribution in [1.29, 1.82) is 0 Å². The highest BCUT2D eigenvalue weighted by molar-refractivity contribution is 14.0. The van der Waals surface area contributed by atoms with Gasteiger partial charge in [0.05, 0.1) is 0 Å². The van der Waals surface area contributed by atoms with E-state index in [-0.39, 0.29) is 24.0 Å². The van der Waals surface area contributed by atoms with Gasteiger partial charge < -0.3 is 15.5 Å². The van der Waals surface area contributed by atoms with Crippen molar-refractivity contribution in [2.45, 2.75) is 19.4 Å². The Morgan fingerprint density at radius 1 is 1.13 bits per heavy atom. The summed E-state index contributed by atoms with van der Waals surface area (Å²) in [6, 6.07) is 10.6. The lowest BCUT2D eigenvalue weighted by molar-refractivity contribution is 0.331. The van der Waals surface area contributed by atoms with E-state index in [2.05, 4.69) is 64.2 Å². The van der Waals surface area contributed by atoms with E-state index in [9.17, 15) is 0 Å². The van der Waals surface area contributed by atoms with E-state index in [1.54, 1.807) is 0 Å². The maximum atomic E-state index is 4.26. The molecule has 0 fully saturated rings. The minimum Gasteiger partial charge on any atom is -0.356 e. The van der Waals surface area contributed by atoms with Crippen LogP contribution in [0.1, 0.15) is 18.4 Å². The molecule has 0 heterocycles. The lowest BCUT2D eigenvalue weighted by atomic mass is 10.2. The van der Waals surface area contributed by atoms with Gasteiger partial charge in [0.25, 0.3) is 0 Å². The van der Waals surface area contributed by atoms with Gasteiger partial charge in [-0.2, -0.15) is 11.8 Å². The second-order valence-electron chi connectivity index (χ2n) is 5.35. The average Bonchev–Trinajstić information content (AvgIpc) is 2.54. The van der Waals surface area contributed by atoms with Crippen molar-refractivity contribution in [2.75, 3.05) is 45.7 Å². The summed E-state index contributed by atoms with van der Waals surface area (Å²) in [6.07, 6.45) is 4.60. The number of nitrogens with zero attached hydrogens (tertiary/aromatic N) is 2. The lowest BCUT2D eigenvalue weighted by Crippen LogP contribution is -2.41. The van der Waals surface area contributed by atoms with Gasteiger partial charge in [0, 0.05) is 33.2 Å². The summed E-state index contributed by atoms with van der Waals surface area (Å²) in [5, 5.41) is 6.73. The minimum absolute atomic E-state index is 0. The number of halogens is 1. The summed E-state index contributed by atoms with van der Waals surface area (Å²) < 4.78 is 0. The molecular formula is C17H31IN4S. The van der Waals surface area contributed by atoms with Gasteiger partial charge in [-0.05, 0) is 37.5 Å². The third-order valence-electron chi connectivity index (χ3n) is 3.37. The number of nitrogens with one attached hydrogen (secondary N) is 2. The van der Waals surface area contributed by atoms with Crippen molar-refractivity contribution in [1.82, 2.24) is 15.5 Å². The molecule has 2 N–H and O–H groups in total. The third kappa shape index (κ3) is 11.7. The van der Waals surface area contributed by atoms with Crippen LogP contribution in [0, 0.1) is 0 Å². The summed E-state index contributed by atoms with van der Waals surface area (Å²) in [7, 11) is 3.97. The van der Waals surface area contributed by atoms with E-state index in [1.807, 2.05) is 18.8 Å². The Bertz CT molecular complexity index is 414. The standard InChI is InChI=1S/C17H30N4S.HI/c1-18-17(19-11-7-8-14-22-3)20-12-13-21(2)15-16-9-5-4-6-10-16;/h4-6,9-10H,7-8,11-15H2,1-3H3,(H2,18,19,20);1H. The zero-order valence-electron chi connectivity index (χ0n) is 14.5. The molecule has 0 aliphatic heterocycles. The number of likely N-dealkylation sites (N-methyl/N-ethyl adjacent to an activating group) is 1. The predicted octanol–water partition coefficient (Wildman–Crippen LogP) is 3.04. The molecule has 0 aliphatic rings. The molecule has 1 aromatic rings. The van der Waals surface area contributed by atoms with Gasteiger partial charge in [-0.1, -0.05) is 30.3 Å². The van der Waals surface area contributed by atoms with Crippen LogP contribution in [0.2, 0.25) is 0 Å². The number of hydrogen-bond donors (Lipinski definition) is 2. The van der Waals surface area contributed by atoms with Crippen molar-refractivity contribution in [2.24, 2.45) is 4.99 Å². The zero-order valence-corrected chi connectivity index (χ0v) is 17.7. The number of thioether (sulfide) groups is 1. The molecule has 0 saturated carbocycles. The van der Waals surface area contributed by atoms with Crippen molar-refractivity contribution >= 4 is 41.7 Å². The Labute approximate surface area is 162 Å². The second kappa shape index (κ2) is 15.1. The van der Waals surface area contributed by atoms with Crippen molar-refractivity contribution in [3.8, 4) is 0 Å². The number of aliphatic imine (C=N–C) groups is 1. The van der Waals surface area contributed by atoms with E-state index >= 15 is 0 Å². The molecule has 0 saturated heterocycles. The fourth-order valence-electron chi connectivity index (χ4n) is 2.14. The normalized spacial score (nSPS) is 11.2. The molecule has 0 unspecified atom stereocenters. The SMILES string of the molecule is CN=C(NCCCCSC)NCCN(C)Cc1ccccc1.I. The molecule has 0 amide bonds. The van der Waals surface area contributed by atoms with Crippen LogP contribution < -0.4 is 10.6 Å². The molecule has 0 bridgehead atoms. The fourth-order valence-corrected chi connectivity index (χ4v) is 2.63. The highest BCUT2D eigenvalue weighted by Crippen LogP contribution is 2.01. The summed E-state index contributed by atoms with van der Waals surface area (Å²) in [5.74, 6) is 2.13. The van der Waals surface area contributed by atoms with Gasteiger partial charge in [-0.25, -0.2) is 0 Å². The third-order valence-corrected chi connectivity index (χ3v) is 4.07. The van der Waals surface area contributed by atoms with Crippen molar-refractivity contribution in [3.63, 3.8) is 0 Å². The highest BCUT2D eigenvalue weighted by Gasteiger charge is 2.01. The largest absolute Gasteiger partial charge is 0.356 e. The van der Waals surface area contributed by atoms with Crippen LogP contribution in [0.3, 0.4) is 0 Å². The van der Waals surface area contributed by atoms with Gasteiger partial charge in [0.2, 0.25) is 0 Å². The summed E-state index contributed by atoms with van der Waals surface area (Å²) in [6.45, 7) is 3.85. The van der Waals surface area contributed by atoms with Gasteiger partial charge in [-0.15, -0.1) is 24.0 Å². The van der Waals surface area contributed by atoms with Crippen LogP contribution in [-0.2, 0) is 6.54 Å². The minimum atomic E-state index is 0. The summed E-state index contributed by atoms with van der Waals surface area (Å²) in [5.41, 5.74) is 1.35. The fraction of sp³-hybridized carbons (Fsp3) is 0.588. The van der Waals surface area contributed by atoms with E-state index in [1.165, 1.54) is 24.2 Å². The quantitative estimate of drug-likeness (QED) is 0.249. The van der Waals surface area contributed by atoms with Crippen LogP contribution >= 0.6 is 35.7 Å². The first-order valence-electron chi connectivity index (χ1n) is 7.92. The smallest absolute Gasteiger partial charge is 0.191 e. The molecule has 0 radical (unpaired) electrons. The monoisotopic (exact) mass is 450 g/mol.